The van der Waals surface area contributed by atoms with Gasteiger partial charge in [-0.05, 0) is 12.8 Å². The monoisotopic (exact) mass is 144 g/mol. The van der Waals surface area contributed by atoms with Crippen LogP contribution >= 0.6 is 0 Å². The smallest absolute Gasteiger partial charge is 0.0565 e. The van der Waals surface area contributed by atoms with E-state index in [1.807, 2.05) is 14.1 Å². The Bertz CT molecular complexity index is 97.8. The van der Waals surface area contributed by atoms with E-state index in [1.54, 1.807) is 0 Å². The molecular weight excluding hydrogens is 128 g/mol. The number of hydrogen-bond acceptors (Lipinski definition) is 3. The van der Waals surface area contributed by atoms with Crippen LogP contribution in [0, 0.1) is 0 Å². The minimum Gasteiger partial charge on any atom is -0.393 e. The Morgan fingerprint density at radius 3 is 2.20 bits per heavy atom. The predicted molar refractivity (Wildman–Crippen MR) is 40.5 cm³/mol. The molecule has 1 aliphatic heterocycles. The zero-order chi connectivity index (χ0) is 7.56. The van der Waals surface area contributed by atoms with E-state index < -0.39 is 0 Å². The number of rotatable bonds is 1. The van der Waals surface area contributed by atoms with E-state index in [-0.39, 0.29) is 6.10 Å². The van der Waals surface area contributed by atoms with Crippen LogP contribution in [-0.4, -0.2) is 48.4 Å². The van der Waals surface area contributed by atoms with Gasteiger partial charge in [-0.3, -0.25) is 0 Å². The Morgan fingerprint density at radius 2 is 1.80 bits per heavy atom. The van der Waals surface area contributed by atoms with Crippen molar-refractivity contribution in [3.05, 3.63) is 0 Å². The highest BCUT2D eigenvalue weighted by molar-refractivity contribution is 4.67. The fourth-order valence-corrected chi connectivity index (χ4v) is 1.25. The van der Waals surface area contributed by atoms with Crippen LogP contribution in [0.5, 0.6) is 0 Å². The van der Waals surface area contributed by atoms with E-state index >= 15 is 0 Å². The van der Waals surface area contributed by atoms with Gasteiger partial charge in [-0.2, -0.15) is 0 Å². The molecule has 0 atom stereocenters. The number of aliphatic hydroxyl groups excluding tert-OH is 1. The second kappa shape index (κ2) is 3.32. The molecule has 0 saturated carbocycles. The zero-order valence-electron chi connectivity index (χ0n) is 6.75. The van der Waals surface area contributed by atoms with Gasteiger partial charge >= 0.3 is 0 Å². The van der Waals surface area contributed by atoms with Crippen LogP contribution in [0.4, 0.5) is 0 Å². The molecule has 60 valence electrons. The Kier molecular flexibility index (Phi) is 2.65. The predicted octanol–water partition coefficient (Wildman–Crippen LogP) is -0.0803. The van der Waals surface area contributed by atoms with E-state index in [4.69, 9.17) is 5.11 Å². The average molecular weight is 144 g/mol. The summed E-state index contributed by atoms with van der Waals surface area (Å²) in [6.07, 6.45) is 1.77. The maximum Gasteiger partial charge on any atom is 0.0565 e. The molecule has 1 fully saturated rings. The van der Waals surface area contributed by atoms with Crippen LogP contribution in [0.25, 0.3) is 0 Å². The van der Waals surface area contributed by atoms with Gasteiger partial charge in [0.05, 0.1) is 6.10 Å². The van der Waals surface area contributed by atoms with Gasteiger partial charge in [0.15, 0.2) is 0 Å². The second-order valence-corrected chi connectivity index (χ2v) is 3.03. The largest absolute Gasteiger partial charge is 0.393 e. The number of aliphatic hydroxyl groups is 1. The Labute approximate surface area is 62.2 Å². The molecule has 0 spiro atoms. The first kappa shape index (κ1) is 7.98. The third kappa shape index (κ3) is 1.94. The lowest BCUT2D eigenvalue weighted by molar-refractivity contribution is -0.0291. The lowest BCUT2D eigenvalue weighted by Gasteiger charge is -2.34. The molecule has 10 heavy (non-hydrogen) atoms. The average Bonchev–Trinajstić information content (AvgIpc) is 1.88. The van der Waals surface area contributed by atoms with Crippen molar-refractivity contribution in [1.29, 1.82) is 0 Å². The van der Waals surface area contributed by atoms with Crippen LogP contribution in [0.2, 0.25) is 0 Å². The Morgan fingerprint density at radius 1 is 1.30 bits per heavy atom. The first-order valence-corrected chi connectivity index (χ1v) is 3.80. The highest BCUT2D eigenvalue weighted by atomic mass is 16.3. The number of hydrogen-bond donors (Lipinski definition) is 1. The third-order valence-corrected chi connectivity index (χ3v) is 2.01. The summed E-state index contributed by atoms with van der Waals surface area (Å²) in [5, 5.41) is 13.5. The molecule has 0 amide bonds. The van der Waals surface area contributed by atoms with Crippen molar-refractivity contribution < 1.29 is 5.11 Å². The topological polar surface area (TPSA) is 26.7 Å². The van der Waals surface area contributed by atoms with Crippen molar-refractivity contribution >= 4 is 0 Å². The van der Waals surface area contributed by atoms with Crippen LogP contribution in [-0.2, 0) is 0 Å². The zero-order valence-corrected chi connectivity index (χ0v) is 6.75. The molecule has 3 nitrogen and oxygen atoms in total. The molecule has 0 unspecified atom stereocenters. The van der Waals surface area contributed by atoms with Crippen molar-refractivity contribution in [3.8, 4) is 0 Å². The molecular formula is C7H16N2O. The Balaban J connectivity index is 2.26. The second-order valence-electron chi connectivity index (χ2n) is 3.03. The van der Waals surface area contributed by atoms with Gasteiger partial charge in [-0.25, -0.2) is 10.0 Å². The van der Waals surface area contributed by atoms with Crippen LogP contribution in [0.3, 0.4) is 0 Å². The van der Waals surface area contributed by atoms with Gasteiger partial charge in [0.25, 0.3) is 0 Å². The van der Waals surface area contributed by atoms with E-state index in [0.717, 1.165) is 25.9 Å². The standard InChI is InChI=1S/C7H16N2O/c1-8(2)9-5-3-7(10)4-6-9/h7,10H,3-6H2,1-2H3. The van der Waals surface area contributed by atoms with Gasteiger partial charge in [0.2, 0.25) is 0 Å². The molecule has 0 aliphatic carbocycles. The van der Waals surface area contributed by atoms with Gasteiger partial charge in [-0.1, -0.05) is 0 Å². The first-order valence-electron chi connectivity index (χ1n) is 3.80. The molecule has 1 N–H and O–H groups in total. The van der Waals surface area contributed by atoms with Gasteiger partial charge < -0.3 is 5.11 Å². The molecule has 0 aromatic rings. The summed E-state index contributed by atoms with van der Waals surface area (Å²) in [6.45, 7) is 1.99. The minimum atomic E-state index is -0.0591. The molecule has 1 heterocycles. The van der Waals surface area contributed by atoms with Crippen molar-refractivity contribution in [3.63, 3.8) is 0 Å². The molecule has 0 radical (unpaired) electrons. The molecule has 1 rings (SSSR count). The fourth-order valence-electron chi connectivity index (χ4n) is 1.25. The van der Waals surface area contributed by atoms with E-state index in [2.05, 4.69) is 10.0 Å². The van der Waals surface area contributed by atoms with Gasteiger partial charge in [-0.15, -0.1) is 0 Å². The minimum absolute atomic E-state index is 0.0591. The van der Waals surface area contributed by atoms with Crippen LogP contribution in [0.15, 0.2) is 0 Å². The van der Waals surface area contributed by atoms with Crippen molar-refractivity contribution in [2.24, 2.45) is 0 Å². The maximum absolute atomic E-state index is 9.16. The fraction of sp³-hybridized carbons (Fsp3) is 1.00. The highest BCUT2D eigenvalue weighted by Crippen LogP contribution is 2.09. The van der Waals surface area contributed by atoms with Gasteiger partial charge in [0, 0.05) is 27.2 Å². The summed E-state index contributed by atoms with van der Waals surface area (Å²) in [6, 6.07) is 0. The molecule has 0 bridgehead atoms. The number of hydrazine groups is 1. The van der Waals surface area contributed by atoms with Gasteiger partial charge in [0.1, 0.15) is 0 Å². The summed E-state index contributed by atoms with van der Waals surface area (Å²) >= 11 is 0. The lowest BCUT2D eigenvalue weighted by atomic mass is 10.1. The summed E-state index contributed by atoms with van der Waals surface area (Å²) in [5.74, 6) is 0. The van der Waals surface area contributed by atoms with E-state index in [9.17, 15) is 0 Å². The summed E-state index contributed by atoms with van der Waals surface area (Å²) < 4.78 is 0. The van der Waals surface area contributed by atoms with Crippen molar-refractivity contribution in [2.75, 3.05) is 27.2 Å². The summed E-state index contributed by atoms with van der Waals surface area (Å²) in [4.78, 5) is 0. The summed E-state index contributed by atoms with van der Waals surface area (Å²) in [5.41, 5.74) is 0. The number of piperidine rings is 1. The molecule has 3 heteroatoms. The van der Waals surface area contributed by atoms with Crippen molar-refractivity contribution in [2.45, 2.75) is 18.9 Å². The number of nitrogens with zero attached hydrogens (tertiary/aromatic N) is 2. The quantitative estimate of drug-likeness (QED) is 0.557. The maximum atomic E-state index is 9.16. The first-order chi connectivity index (χ1) is 4.70. The molecule has 0 aromatic heterocycles. The SMILES string of the molecule is CN(C)N1CCC(O)CC1. The van der Waals surface area contributed by atoms with E-state index in [1.165, 1.54) is 0 Å². The Hall–Kier alpha value is -0.120. The van der Waals surface area contributed by atoms with Crippen LogP contribution < -0.4 is 0 Å². The van der Waals surface area contributed by atoms with Crippen LogP contribution in [0.1, 0.15) is 12.8 Å². The molecule has 0 aromatic carbocycles. The van der Waals surface area contributed by atoms with Crippen molar-refractivity contribution in [1.82, 2.24) is 10.0 Å². The molecule has 1 aliphatic rings. The highest BCUT2D eigenvalue weighted by Gasteiger charge is 2.17. The summed E-state index contributed by atoms with van der Waals surface area (Å²) in [7, 11) is 4.08. The third-order valence-electron chi connectivity index (χ3n) is 2.01. The lowest BCUT2D eigenvalue weighted by Crippen LogP contribution is -2.43. The normalized spacial score (nSPS) is 24.0. The van der Waals surface area contributed by atoms with E-state index in [0.29, 0.717) is 0 Å². The molecule has 1 saturated heterocycles.